The van der Waals surface area contributed by atoms with Crippen molar-refractivity contribution in [2.75, 3.05) is 5.75 Å². The first-order valence-corrected chi connectivity index (χ1v) is 7.60. The van der Waals surface area contributed by atoms with Crippen LogP contribution in [0.4, 0.5) is 0 Å². The van der Waals surface area contributed by atoms with Gasteiger partial charge in [-0.1, -0.05) is 41.0 Å². The molecule has 1 aromatic rings. The highest BCUT2D eigenvalue weighted by Crippen LogP contribution is 2.24. The van der Waals surface area contributed by atoms with Crippen LogP contribution in [0, 0.1) is 0 Å². The van der Waals surface area contributed by atoms with Crippen LogP contribution in [0.3, 0.4) is 0 Å². The molecule has 0 aromatic heterocycles. The molecule has 1 aliphatic rings. The Labute approximate surface area is 127 Å². The number of thioether (sulfide) groups is 1. The smallest absolute Gasteiger partial charge is 0.178 e. The fourth-order valence-electron chi connectivity index (χ4n) is 1.50. The molecule has 1 N–H and O–H groups in total. The molecule has 1 aromatic carbocycles. The summed E-state index contributed by atoms with van der Waals surface area (Å²) in [6, 6.07) is 5.53. The second kappa shape index (κ2) is 5.73. The molecule has 0 saturated heterocycles. The Morgan fingerprint density at radius 1 is 1.26 bits per heavy atom. The van der Waals surface area contributed by atoms with E-state index >= 15 is 0 Å². The van der Waals surface area contributed by atoms with E-state index in [4.69, 9.17) is 23.2 Å². The van der Waals surface area contributed by atoms with Crippen LogP contribution in [0.2, 0.25) is 10.0 Å². The summed E-state index contributed by atoms with van der Waals surface area (Å²) >= 11 is 13.5. The number of rotatable bonds is 1. The van der Waals surface area contributed by atoms with Gasteiger partial charge in [-0.25, -0.2) is 0 Å². The zero-order valence-electron chi connectivity index (χ0n) is 11.0. The molecular formula is C13H15Cl2N3S. The lowest BCUT2D eigenvalue weighted by Gasteiger charge is -2.19. The molecule has 0 atom stereocenters. The van der Waals surface area contributed by atoms with E-state index in [1.807, 2.05) is 12.1 Å². The molecule has 1 aliphatic heterocycles. The highest BCUT2D eigenvalue weighted by Gasteiger charge is 2.16. The Hall–Kier alpha value is -0.710. The molecular weight excluding hydrogens is 301 g/mol. The van der Waals surface area contributed by atoms with E-state index in [-0.39, 0.29) is 5.54 Å². The Balaban J connectivity index is 2.17. The summed E-state index contributed by atoms with van der Waals surface area (Å²) in [7, 11) is 0. The predicted octanol–water partition coefficient (Wildman–Crippen LogP) is 4.19. The molecule has 0 amide bonds. The lowest BCUT2D eigenvalue weighted by Crippen LogP contribution is -2.28. The van der Waals surface area contributed by atoms with Gasteiger partial charge in [0.25, 0.3) is 0 Å². The van der Waals surface area contributed by atoms with Crippen molar-refractivity contribution < 1.29 is 0 Å². The number of halogens is 2. The van der Waals surface area contributed by atoms with E-state index in [0.717, 1.165) is 22.2 Å². The third-order valence-electron chi connectivity index (χ3n) is 2.32. The fraction of sp³-hybridized carbons (Fsp3) is 0.385. The number of nitrogens with one attached hydrogen (secondary N) is 1. The molecule has 0 saturated carbocycles. The molecule has 102 valence electrons. The maximum absolute atomic E-state index is 6.01. The first kappa shape index (κ1) is 14.7. The van der Waals surface area contributed by atoms with E-state index in [1.54, 1.807) is 17.8 Å². The van der Waals surface area contributed by atoms with E-state index < -0.39 is 0 Å². The van der Waals surface area contributed by atoms with Crippen LogP contribution in [0.15, 0.2) is 28.3 Å². The molecule has 19 heavy (non-hydrogen) atoms. The van der Waals surface area contributed by atoms with E-state index in [9.17, 15) is 0 Å². The third kappa shape index (κ3) is 4.13. The minimum atomic E-state index is -0.105. The number of hydrogen-bond donors (Lipinski definition) is 1. The largest absolute Gasteiger partial charge is 0.256 e. The maximum Gasteiger partial charge on any atom is 0.178 e. The van der Waals surface area contributed by atoms with Crippen molar-refractivity contribution in [3.63, 3.8) is 0 Å². The molecule has 1 heterocycles. The third-order valence-corrected chi connectivity index (χ3v) is 3.93. The average Bonchev–Trinajstić information content (AvgIpc) is 2.32. The van der Waals surface area contributed by atoms with Gasteiger partial charge in [-0.3, -0.25) is 10.4 Å². The summed E-state index contributed by atoms with van der Waals surface area (Å²) in [5, 5.41) is 6.29. The van der Waals surface area contributed by atoms with Gasteiger partial charge in [0.2, 0.25) is 0 Å². The Kier molecular flexibility index (Phi) is 4.43. The highest BCUT2D eigenvalue weighted by atomic mass is 35.5. The summed E-state index contributed by atoms with van der Waals surface area (Å²) in [5.74, 6) is 0.764. The van der Waals surface area contributed by atoms with Crippen LogP contribution < -0.4 is 5.43 Å². The van der Waals surface area contributed by atoms with Crippen LogP contribution in [0.25, 0.3) is 0 Å². The van der Waals surface area contributed by atoms with Gasteiger partial charge >= 0.3 is 0 Å². The first-order valence-electron chi connectivity index (χ1n) is 5.86. The Bertz CT molecular complexity index is 547. The second-order valence-corrected chi connectivity index (χ2v) is 6.95. The summed E-state index contributed by atoms with van der Waals surface area (Å²) in [6.45, 7) is 6.17. The number of hydrazone groups is 1. The van der Waals surface area contributed by atoms with Crippen LogP contribution in [-0.2, 0) is 0 Å². The number of nitrogens with zero attached hydrogens (tertiary/aromatic N) is 2. The molecule has 0 fully saturated rings. The van der Waals surface area contributed by atoms with E-state index in [0.29, 0.717) is 10.0 Å². The minimum absolute atomic E-state index is 0.105. The number of hydrogen-bond acceptors (Lipinski definition) is 3. The van der Waals surface area contributed by atoms with Gasteiger partial charge in [0.05, 0.1) is 21.3 Å². The number of benzene rings is 1. The predicted molar refractivity (Wildman–Crippen MR) is 85.8 cm³/mol. The number of aliphatic imine (C=N–C) groups is 1. The SMILES string of the molecule is CC(C)(C)N=C1NN=C(c2ccc(Cl)c(Cl)c2)CS1. The van der Waals surface area contributed by atoms with Crippen molar-refractivity contribution in [2.45, 2.75) is 26.3 Å². The van der Waals surface area contributed by atoms with Gasteiger partial charge in [0, 0.05) is 11.3 Å². The lowest BCUT2D eigenvalue weighted by atomic mass is 10.1. The minimum Gasteiger partial charge on any atom is -0.256 e. The van der Waals surface area contributed by atoms with Gasteiger partial charge < -0.3 is 0 Å². The zero-order valence-corrected chi connectivity index (χ0v) is 13.3. The van der Waals surface area contributed by atoms with Crippen molar-refractivity contribution >= 4 is 45.8 Å². The summed E-state index contributed by atoms with van der Waals surface area (Å²) in [4.78, 5) is 4.54. The van der Waals surface area contributed by atoms with Crippen molar-refractivity contribution in [1.82, 2.24) is 5.43 Å². The summed E-state index contributed by atoms with van der Waals surface area (Å²) in [6.07, 6.45) is 0. The second-order valence-electron chi connectivity index (χ2n) is 5.18. The highest BCUT2D eigenvalue weighted by molar-refractivity contribution is 8.14. The molecule has 0 unspecified atom stereocenters. The molecule has 2 rings (SSSR count). The van der Waals surface area contributed by atoms with Crippen molar-refractivity contribution in [2.24, 2.45) is 10.1 Å². The topological polar surface area (TPSA) is 36.8 Å². The number of amidine groups is 1. The zero-order chi connectivity index (χ0) is 14.0. The molecule has 0 spiro atoms. The summed E-state index contributed by atoms with van der Waals surface area (Å²) < 4.78 is 0. The van der Waals surface area contributed by atoms with Gasteiger partial charge in [-0.05, 0) is 32.9 Å². The molecule has 0 bridgehead atoms. The van der Waals surface area contributed by atoms with Crippen LogP contribution in [0.5, 0.6) is 0 Å². The van der Waals surface area contributed by atoms with Gasteiger partial charge in [0.1, 0.15) is 0 Å². The van der Waals surface area contributed by atoms with Gasteiger partial charge in [0.15, 0.2) is 5.17 Å². The lowest BCUT2D eigenvalue weighted by molar-refractivity contribution is 0.582. The standard InChI is InChI=1S/C13H15Cl2N3S/c1-13(2,3)16-12-18-17-11(7-19-12)8-4-5-9(14)10(15)6-8/h4-6H,7H2,1-3H3,(H,16,18). The molecule has 0 radical (unpaired) electrons. The maximum atomic E-state index is 6.01. The van der Waals surface area contributed by atoms with Crippen LogP contribution in [-0.4, -0.2) is 22.2 Å². The van der Waals surface area contributed by atoms with Crippen molar-refractivity contribution in [1.29, 1.82) is 0 Å². The van der Waals surface area contributed by atoms with E-state index in [2.05, 4.69) is 36.3 Å². The normalized spacial score (nSPS) is 18.2. The molecule has 6 heteroatoms. The van der Waals surface area contributed by atoms with Gasteiger partial charge in [-0.15, -0.1) is 0 Å². The van der Waals surface area contributed by atoms with Crippen LogP contribution in [0.1, 0.15) is 26.3 Å². The Morgan fingerprint density at radius 2 is 2.00 bits per heavy atom. The summed E-state index contributed by atoms with van der Waals surface area (Å²) in [5.41, 5.74) is 4.80. The quantitative estimate of drug-likeness (QED) is 0.843. The van der Waals surface area contributed by atoms with Crippen molar-refractivity contribution in [3.05, 3.63) is 33.8 Å². The fourth-order valence-corrected chi connectivity index (χ4v) is 2.75. The monoisotopic (exact) mass is 315 g/mol. The Morgan fingerprint density at radius 3 is 2.53 bits per heavy atom. The molecule has 3 nitrogen and oxygen atoms in total. The van der Waals surface area contributed by atoms with Crippen LogP contribution >= 0.6 is 35.0 Å². The molecule has 0 aliphatic carbocycles. The van der Waals surface area contributed by atoms with Gasteiger partial charge in [-0.2, -0.15) is 5.10 Å². The van der Waals surface area contributed by atoms with E-state index in [1.165, 1.54) is 0 Å². The van der Waals surface area contributed by atoms with Crippen molar-refractivity contribution in [3.8, 4) is 0 Å². The first-order chi connectivity index (χ1) is 8.85. The average molecular weight is 316 g/mol.